The van der Waals surface area contributed by atoms with Crippen molar-refractivity contribution in [3.8, 4) is 45.0 Å². The lowest BCUT2D eigenvalue weighted by Gasteiger charge is -2.12. The van der Waals surface area contributed by atoms with Crippen LogP contribution in [0.4, 0.5) is 0 Å². The molecular weight excluding hydrogens is 556 g/mol. The van der Waals surface area contributed by atoms with Gasteiger partial charge >= 0.3 is 0 Å². The van der Waals surface area contributed by atoms with Crippen molar-refractivity contribution in [2.45, 2.75) is 0 Å². The topological polar surface area (TPSA) is 25.8 Å². The SMILES string of the molecule is c1ccc(-c2nc(-c3ccc(-c4cccc5c4ccc4cc6ccccc6cc45)cc3)cc(-c3ccc4ccccc4c3)n2)cc1. The molecule has 0 saturated heterocycles. The van der Waals surface area contributed by atoms with Gasteiger partial charge in [-0.25, -0.2) is 9.97 Å². The molecule has 9 rings (SSSR count). The molecule has 0 radical (unpaired) electrons. The lowest BCUT2D eigenvalue weighted by atomic mass is 9.93. The fraction of sp³-hybridized carbons (Fsp3) is 0. The summed E-state index contributed by atoms with van der Waals surface area (Å²) in [7, 11) is 0. The summed E-state index contributed by atoms with van der Waals surface area (Å²) in [5.41, 5.74) is 7.35. The number of aromatic nitrogens is 2. The highest BCUT2D eigenvalue weighted by Gasteiger charge is 2.13. The standard InChI is InChI=1S/C44H28N2/c1-2-10-32(11-3-1)44-45-42(28-43(46-44)37-22-17-29-9-4-5-12-33(29)26-37)31-20-18-30(19-21-31)38-15-8-16-39-40(38)24-23-36-25-34-13-6-7-14-35(34)27-41(36)39/h1-28H. The minimum atomic E-state index is 0.721. The second kappa shape index (κ2) is 10.8. The molecule has 9 aromatic rings. The summed E-state index contributed by atoms with van der Waals surface area (Å²) in [6, 6.07) is 60.5. The molecule has 0 saturated carbocycles. The van der Waals surface area contributed by atoms with E-state index in [2.05, 4.69) is 152 Å². The van der Waals surface area contributed by atoms with Crippen molar-refractivity contribution < 1.29 is 0 Å². The first kappa shape index (κ1) is 26.3. The molecule has 2 nitrogen and oxygen atoms in total. The fourth-order valence-electron chi connectivity index (χ4n) is 6.66. The van der Waals surface area contributed by atoms with Gasteiger partial charge < -0.3 is 0 Å². The van der Waals surface area contributed by atoms with E-state index in [9.17, 15) is 0 Å². The highest BCUT2D eigenvalue weighted by atomic mass is 14.9. The Kier molecular flexibility index (Phi) is 6.17. The zero-order valence-electron chi connectivity index (χ0n) is 25.1. The van der Waals surface area contributed by atoms with Crippen LogP contribution in [0.25, 0.3) is 88.1 Å². The molecule has 1 heterocycles. The lowest BCUT2D eigenvalue weighted by Crippen LogP contribution is -1.96. The van der Waals surface area contributed by atoms with Crippen LogP contribution >= 0.6 is 0 Å². The summed E-state index contributed by atoms with van der Waals surface area (Å²) in [5, 5.41) is 10.0. The quantitative estimate of drug-likeness (QED) is 0.152. The molecule has 8 aromatic carbocycles. The van der Waals surface area contributed by atoms with E-state index in [0.717, 1.165) is 33.9 Å². The average molecular weight is 585 g/mol. The first-order valence-electron chi connectivity index (χ1n) is 15.7. The van der Waals surface area contributed by atoms with Crippen molar-refractivity contribution in [3.63, 3.8) is 0 Å². The molecule has 0 atom stereocenters. The Balaban J connectivity index is 1.15. The molecule has 0 unspecified atom stereocenters. The zero-order valence-corrected chi connectivity index (χ0v) is 25.1. The maximum atomic E-state index is 5.06. The van der Waals surface area contributed by atoms with Crippen LogP contribution in [0.2, 0.25) is 0 Å². The number of hydrogen-bond donors (Lipinski definition) is 0. The Labute approximate surface area is 267 Å². The predicted octanol–water partition coefficient (Wildman–Crippen LogP) is 11.8. The van der Waals surface area contributed by atoms with E-state index < -0.39 is 0 Å². The van der Waals surface area contributed by atoms with Gasteiger partial charge in [0, 0.05) is 16.7 Å². The second-order valence-corrected chi connectivity index (χ2v) is 11.9. The molecular formula is C44H28N2. The first-order chi connectivity index (χ1) is 22.8. The maximum absolute atomic E-state index is 5.06. The van der Waals surface area contributed by atoms with Gasteiger partial charge in [0.05, 0.1) is 11.4 Å². The number of fused-ring (bicyclic) bond motifs is 5. The van der Waals surface area contributed by atoms with Crippen molar-refractivity contribution >= 4 is 43.1 Å². The zero-order chi connectivity index (χ0) is 30.5. The Morgan fingerprint density at radius 1 is 0.283 bits per heavy atom. The molecule has 0 fully saturated rings. The third kappa shape index (κ3) is 4.60. The van der Waals surface area contributed by atoms with Crippen molar-refractivity contribution in [3.05, 3.63) is 170 Å². The van der Waals surface area contributed by atoms with Gasteiger partial charge in [-0.2, -0.15) is 0 Å². The van der Waals surface area contributed by atoms with Gasteiger partial charge in [-0.15, -0.1) is 0 Å². The van der Waals surface area contributed by atoms with E-state index in [-0.39, 0.29) is 0 Å². The normalized spacial score (nSPS) is 11.5. The highest BCUT2D eigenvalue weighted by Crippen LogP contribution is 2.36. The Morgan fingerprint density at radius 3 is 1.67 bits per heavy atom. The summed E-state index contributed by atoms with van der Waals surface area (Å²) in [6.45, 7) is 0. The lowest BCUT2D eigenvalue weighted by molar-refractivity contribution is 1.18. The van der Waals surface area contributed by atoms with Crippen molar-refractivity contribution in [2.24, 2.45) is 0 Å². The molecule has 2 heteroatoms. The van der Waals surface area contributed by atoms with Crippen molar-refractivity contribution in [1.82, 2.24) is 9.97 Å². The van der Waals surface area contributed by atoms with E-state index in [0.29, 0.717) is 0 Å². The first-order valence-corrected chi connectivity index (χ1v) is 15.7. The molecule has 0 aliphatic heterocycles. The summed E-state index contributed by atoms with van der Waals surface area (Å²) in [5.74, 6) is 0.721. The molecule has 0 bridgehead atoms. The Hall–Kier alpha value is -6.12. The van der Waals surface area contributed by atoms with Crippen LogP contribution in [0.1, 0.15) is 0 Å². The number of rotatable bonds is 4. The van der Waals surface area contributed by atoms with Crippen LogP contribution in [0.15, 0.2) is 170 Å². The van der Waals surface area contributed by atoms with Gasteiger partial charge in [-0.1, -0.05) is 146 Å². The van der Waals surface area contributed by atoms with E-state index >= 15 is 0 Å². The smallest absolute Gasteiger partial charge is 0.160 e. The van der Waals surface area contributed by atoms with Gasteiger partial charge in [0.15, 0.2) is 5.82 Å². The average Bonchev–Trinajstić information content (AvgIpc) is 3.13. The van der Waals surface area contributed by atoms with Crippen LogP contribution in [-0.2, 0) is 0 Å². The fourth-order valence-corrected chi connectivity index (χ4v) is 6.66. The third-order valence-electron chi connectivity index (χ3n) is 9.04. The Bertz CT molecular complexity index is 2570. The van der Waals surface area contributed by atoms with Crippen molar-refractivity contribution in [1.29, 1.82) is 0 Å². The van der Waals surface area contributed by atoms with E-state index in [1.54, 1.807) is 0 Å². The van der Waals surface area contributed by atoms with Crippen LogP contribution < -0.4 is 0 Å². The molecule has 1 aromatic heterocycles. The van der Waals surface area contributed by atoms with Gasteiger partial charge in [0.2, 0.25) is 0 Å². The van der Waals surface area contributed by atoms with E-state index in [4.69, 9.17) is 9.97 Å². The second-order valence-electron chi connectivity index (χ2n) is 11.9. The number of benzene rings is 8. The van der Waals surface area contributed by atoms with Gasteiger partial charge in [-0.3, -0.25) is 0 Å². The van der Waals surface area contributed by atoms with E-state index in [1.165, 1.54) is 54.2 Å². The molecule has 0 aliphatic carbocycles. The van der Waals surface area contributed by atoms with E-state index in [1.807, 2.05) is 18.2 Å². The van der Waals surface area contributed by atoms with Gasteiger partial charge in [0.1, 0.15) is 0 Å². The number of nitrogens with zero attached hydrogens (tertiary/aromatic N) is 2. The summed E-state index contributed by atoms with van der Waals surface area (Å²) in [6.07, 6.45) is 0. The molecule has 0 spiro atoms. The minimum Gasteiger partial charge on any atom is -0.228 e. The van der Waals surface area contributed by atoms with Gasteiger partial charge in [-0.05, 0) is 78.5 Å². The molecule has 0 N–H and O–H groups in total. The Morgan fingerprint density at radius 2 is 0.891 bits per heavy atom. The van der Waals surface area contributed by atoms with Crippen molar-refractivity contribution in [2.75, 3.05) is 0 Å². The summed E-state index contributed by atoms with van der Waals surface area (Å²) in [4.78, 5) is 10.1. The minimum absolute atomic E-state index is 0.721. The van der Waals surface area contributed by atoms with Crippen LogP contribution in [-0.4, -0.2) is 9.97 Å². The molecule has 46 heavy (non-hydrogen) atoms. The summed E-state index contributed by atoms with van der Waals surface area (Å²) < 4.78 is 0. The number of hydrogen-bond acceptors (Lipinski definition) is 2. The predicted molar refractivity (Wildman–Crippen MR) is 194 cm³/mol. The molecule has 0 aliphatic rings. The maximum Gasteiger partial charge on any atom is 0.160 e. The molecule has 214 valence electrons. The third-order valence-corrected chi connectivity index (χ3v) is 9.04. The highest BCUT2D eigenvalue weighted by molar-refractivity contribution is 6.15. The monoisotopic (exact) mass is 584 g/mol. The van der Waals surface area contributed by atoms with Crippen LogP contribution in [0, 0.1) is 0 Å². The van der Waals surface area contributed by atoms with Gasteiger partial charge in [0.25, 0.3) is 0 Å². The van der Waals surface area contributed by atoms with Crippen LogP contribution in [0.3, 0.4) is 0 Å². The summed E-state index contributed by atoms with van der Waals surface area (Å²) >= 11 is 0. The largest absolute Gasteiger partial charge is 0.228 e. The van der Waals surface area contributed by atoms with Crippen LogP contribution in [0.5, 0.6) is 0 Å². The molecule has 0 amide bonds.